The first kappa shape index (κ1) is 21.7. The number of amides is 2. The van der Waals surface area contributed by atoms with Gasteiger partial charge in [-0.3, -0.25) is 19.3 Å². The van der Waals surface area contributed by atoms with Crippen LogP contribution in [-0.4, -0.2) is 51.6 Å². The van der Waals surface area contributed by atoms with Crippen LogP contribution in [0.5, 0.6) is 0 Å². The van der Waals surface area contributed by atoms with Crippen LogP contribution in [0.15, 0.2) is 61.1 Å². The Bertz CT molecular complexity index is 1090. The second kappa shape index (κ2) is 9.34. The van der Waals surface area contributed by atoms with Gasteiger partial charge in [0.1, 0.15) is 0 Å². The molecule has 0 radical (unpaired) electrons. The van der Waals surface area contributed by atoms with Crippen molar-refractivity contribution in [2.75, 3.05) is 20.1 Å². The Morgan fingerprint density at radius 2 is 1.88 bits per heavy atom. The Morgan fingerprint density at radius 1 is 1.09 bits per heavy atom. The maximum Gasteiger partial charge on any atom is 0.228 e. The first-order chi connectivity index (χ1) is 15.5. The quantitative estimate of drug-likeness (QED) is 0.624. The first-order valence-corrected chi connectivity index (χ1v) is 11.0. The Labute approximate surface area is 188 Å². The summed E-state index contributed by atoms with van der Waals surface area (Å²) in [5.41, 5.74) is 3.66. The highest BCUT2D eigenvalue weighted by Gasteiger charge is 2.45. The predicted octanol–water partition coefficient (Wildman–Crippen LogP) is 2.85. The highest BCUT2D eigenvalue weighted by Crippen LogP contribution is 2.37. The summed E-state index contributed by atoms with van der Waals surface area (Å²) >= 11 is 0. The standard InChI is InChI=1S/C25H29N5O2/c1-19-7-14-28-30(19)15-10-23(31)29-16-11-25(18-29,24(32)26-2)17-21-5-3-4-6-22(21)20-8-12-27-13-9-20/h3-9,12-14H,10-11,15-18H2,1-2H3,(H,26,32)/t25-/m0/s1. The fourth-order valence-corrected chi connectivity index (χ4v) is 4.61. The van der Waals surface area contributed by atoms with Crippen molar-refractivity contribution < 1.29 is 9.59 Å². The highest BCUT2D eigenvalue weighted by atomic mass is 16.2. The SMILES string of the molecule is CNC(=O)[C@]1(Cc2ccccc2-c2ccncc2)CCN(C(=O)CCn2nccc2C)C1. The molecule has 2 aromatic heterocycles. The van der Waals surface area contributed by atoms with Gasteiger partial charge in [0, 0.05) is 57.4 Å². The van der Waals surface area contributed by atoms with Gasteiger partial charge in [-0.15, -0.1) is 0 Å². The van der Waals surface area contributed by atoms with E-state index in [0.717, 1.165) is 22.4 Å². The third-order valence-electron chi connectivity index (χ3n) is 6.42. The molecule has 166 valence electrons. The van der Waals surface area contributed by atoms with Crippen LogP contribution in [0.25, 0.3) is 11.1 Å². The lowest BCUT2D eigenvalue weighted by molar-refractivity contribution is -0.133. The summed E-state index contributed by atoms with van der Waals surface area (Å²) in [6.07, 6.45) is 6.89. The molecule has 1 aliphatic rings. The molecule has 0 aliphatic carbocycles. The van der Waals surface area contributed by atoms with E-state index in [0.29, 0.717) is 38.9 Å². The van der Waals surface area contributed by atoms with Gasteiger partial charge in [0.05, 0.1) is 5.41 Å². The monoisotopic (exact) mass is 431 g/mol. The van der Waals surface area contributed by atoms with Crippen molar-refractivity contribution in [1.29, 1.82) is 0 Å². The third-order valence-corrected chi connectivity index (χ3v) is 6.42. The summed E-state index contributed by atoms with van der Waals surface area (Å²) in [6.45, 7) is 3.53. The number of nitrogens with zero attached hydrogens (tertiary/aromatic N) is 4. The number of aromatic nitrogens is 3. The number of benzene rings is 1. The predicted molar refractivity (Wildman–Crippen MR) is 123 cm³/mol. The Balaban J connectivity index is 1.53. The fourth-order valence-electron chi connectivity index (χ4n) is 4.61. The second-order valence-corrected chi connectivity index (χ2v) is 8.44. The van der Waals surface area contributed by atoms with Gasteiger partial charge in [-0.25, -0.2) is 0 Å². The van der Waals surface area contributed by atoms with Gasteiger partial charge in [0.25, 0.3) is 0 Å². The van der Waals surface area contributed by atoms with Crippen molar-refractivity contribution >= 4 is 11.8 Å². The average Bonchev–Trinajstić information content (AvgIpc) is 3.45. The largest absolute Gasteiger partial charge is 0.359 e. The van der Waals surface area contributed by atoms with Crippen molar-refractivity contribution in [3.8, 4) is 11.1 Å². The van der Waals surface area contributed by atoms with Gasteiger partial charge >= 0.3 is 0 Å². The van der Waals surface area contributed by atoms with Crippen LogP contribution in [0.4, 0.5) is 0 Å². The summed E-state index contributed by atoms with van der Waals surface area (Å²) in [5.74, 6) is 0.0494. The molecule has 1 saturated heterocycles. The molecule has 1 fully saturated rings. The summed E-state index contributed by atoms with van der Waals surface area (Å²) < 4.78 is 1.84. The first-order valence-electron chi connectivity index (χ1n) is 11.0. The van der Waals surface area contributed by atoms with Crippen LogP contribution in [0.2, 0.25) is 0 Å². The fraction of sp³-hybridized carbons (Fsp3) is 0.360. The number of hydrogen-bond acceptors (Lipinski definition) is 4. The minimum Gasteiger partial charge on any atom is -0.359 e. The Kier molecular flexibility index (Phi) is 6.35. The number of carbonyl (C=O) groups excluding carboxylic acids is 2. The smallest absolute Gasteiger partial charge is 0.228 e. The third kappa shape index (κ3) is 4.42. The topological polar surface area (TPSA) is 80.1 Å². The van der Waals surface area contributed by atoms with Crippen molar-refractivity contribution in [2.24, 2.45) is 5.41 Å². The van der Waals surface area contributed by atoms with E-state index >= 15 is 0 Å². The van der Waals surface area contributed by atoms with E-state index in [9.17, 15) is 9.59 Å². The average molecular weight is 432 g/mol. The molecule has 0 saturated carbocycles. The van der Waals surface area contributed by atoms with Crippen LogP contribution >= 0.6 is 0 Å². The van der Waals surface area contributed by atoms with E-state index in [1.165, 1.54) is 0 Å². The lowest BCUT2D eigenvalue weighted by Crippen LogP contribution is -2.44. The van der Waals surface area contributed by atoms with Crippen LogP contribution in [0.3, 0.4) is 0 Å². The van der Waals surface area contributed by atoms with Crippen LogP contribution in [0, 0.1) is 12.3 Å². The molecule has 2 amide bonds. The van der Waals surface area contributed by atoms with Gasteiger partial charge in [-0.2, -0.15) is 5.10 Å². The van der Waals surface area contributed by atoms with Crippen LogP contribution < -0.4 is 5.32 Å². The number of nitrogens with one attached hydrogen (secondary N) is 1. The highest BCUT2D eigenvalue weighted by molar-refractivity contribution is 5.86. The minimum absolute atomic E-state index is 0.0137. The number of hydrogen-bond donors (Lipinski definition) is 1. The molecule has 1 atom stereocenters. The van der Waals surface area contributed by atoms with E-state index in [2.05, 4.69) is 27.5 Å². The zero-order chi connectivity index (χ0) is 22.6. The molecule has 1 aliphatic heterocycles. The lowest BCUT2D eigenvalue weighted by atomic mass is 9.78. The molecule has 7 nitrogen and oxygen atoms in total. The second-order valence-electron chi connectivity index (χ2n) is 8.44. The molecular formula is C25H29N5O2. The van der Waals surface area contributed by atoms with Gasteiger partial charge in [0.2, 0.25) is 11.8 Å². The van der Waals surface area contributed by atoms with E-state index in [1.54, 1.807) is 25.6 Å². The Morgan fingerprint density at radius 3 is 2.59 bits per heavy atom. The molecule has 3 aromatic rings. The zero-order valence-electron chi connectivity index (χ0n) is 18.6. The minimum atomic E-state index is -0.644. The van der Waals surface area contributed by atoms with Crippen molar-refractivity contribution in [3.63, 3.8) is 0 Å². The maximum absolute atomic E-state index is 13.1. The van der Waals surface area contributed by atoms with Crippen LogP contribution in [0.1, 0.15) is 24.1 Å². The maximum atomic E-state index is 13.1. The molecule has 7 heteroatoms. The lowest BCUT2D eigenvalue weighted by Gasteiger charge is -2.28. The van der Waals surface area contributed by atoms with E-state index in [1.807, 2.05) is 46.8 Å². The summed E-state index contributed by atoms with van der Waals surface area (Å²) in [6, 6.07) is 14.0. The zero-order valence-corrected chi connectivity index (χ0v) is 18.6. The molecule has 0 spiro atoms. The molecular weight excluding hydrogens is 402 g/mol. The number of pyridine rings is 1. The summed E-state index contributed by atoms with van der Waals surface area (Å²) in [4.78, 5) is 32.0. The van der Waals surface area contributed by atoms with Crippen molar-refractivity contribution in [2.45, 2.75) is 32.7 Å². The normalized spacial score (nSPS) is 18.0. The Hall–Kier alpha value is -3.48. The van der Waals surface area contributed by atoms with E-state index in [4.69, 9.17) is 0 Å². The van der Waals surface area contributed by atoms with Crippen molar-refractivity contribution in [3.05, 3.63) is 72.3 Å². The van der Waals surface area contributed by atoms with E-state index in [-0.39, 0.29) is 11.8 Å². The van der Waals surface area contributed by atoms with Crippen LogP contribution in [-0.2, 0) is 22.6 Å². The van der Waals surface area contributed by atoms with Gasteiger partial charge in [-0.1, -0.05) is 24.3 Å². The molecule has 32 heavy (non-hydrogen) atoms. The number of carbonyl (C=O) groups is 2. The summed E-state index contributed by atoms with van der Waals surface area (Å²) in [7, 11) is 1.67. The van der Waals surface area contributed by atoms with Gasteiger partial charge in [0.15, 0.2) is 0 Å². The van der Waals surface area contributed by atoms with Gasteiger partial charge < -0.3 is 10.2 Å². The molecule has 0 unspecified atom stereocenters. The molecule has 1 N–H and O–H groups in total. The number of likely N-dealkylation sites (tertiary alicyclic amines) is 1. The summed E-state index contributed by atoms with van der Waals surface area (Å²) in [5, 5.41) is 7.10. The van der Waals surface area contributed by atoms with Gasteiger partial charge in [-0.05, 0) is 54.7 Å². The molecule has 4 rings (SSSR count). The molecule has 0 bridgehead atoms. The number of aryl methyl sites for hydroxylation is 2. The van der Waals surface area contributed by atoms with Crippen molar-refractivity contribution in [1.82, 2.24) is 25.0 Å². The molecule has 1 aromatic carbocycles. The molecule has 3 heterocycles. The van der Waals surface area contributed by atoms with E-state index < -0.39 is 5.41 Å². The number of rotatable bonds is 7.